The lowest BCUT2D eigenvalue weighted by molar-refractivity contribution is 0.0344. The quantitative estimate of drug-likeness (QED) is 0.229. The van der Waals surface area contributed by atoms with Gasteiger partial charge in [-0.3, -0.25) is 4.90 Å². The third kappa shape index (κ3) is 3.44. The molecule has 2 atom stereocenters. The van der Waals surface area contributed by atoms with Crippen LogP contribution < -0.4 is 5.73 Å². The fourth-order valence-corrected chi connectivity index (χ4v) is 3.74. The van der Waals surface area contributed by atoms with Crippen LogP contribution in [0.5, 0.6) is 0 Å². The molecule has 0 aliphatic carbocycles. The molecule has 2 heterocycles. The Bertz CT molecular complexity index is 343. The summed E-state index contributed by atoms with van der Waals surface area (Å²) >= 11 is 0. The fraction of sp³-hybridized carbons (Fsp3) is 0.933. The molecule has 2 saturated heterocycles. The molecule has 2 aliphatic heterocycles. The smallest absolute Gasteiger partial charge is 0.144 e. The lowest BCUT2D eigenvalue weighted by Gasteiger charge is -2.37. The van der Waals surface area contributed by atoms with Gasteiger partial charge in [0.05, 0.1) is 6.10 Å². The number of amidine groups is 1. The van der Waals surface area contributed by atoms with E-state index in [0.29, 0.717) is 17.9 Å². The molecule has 2 unspecified atom stereocenters. The molecule has 20 heavy (non-hydrogen) atoms. The summed E-state index contributed by atoms with van der Waals surface area (Å²) < 4.78 is 0. The summed E-state index contributed by atoms with van der Waals surface area (Å²) in [6.45, 7) is 5.15. The summed E-state index contributed by atoms with van der Waals surface area (Å²) in [5, 5.41) is 21.7. The number of nitrogens with two attached hydrogens (primary N) is 1. The van der Waals surface area contributed by atoms with Crippen molar-refractivity contribution in [3.8, 4) is 0 Å². The molecule has 0 aromatic heterocycles. The SMILES string of the molecule is CC(C)(CCCCN1C2CCC1CC(O)C2)C(N)=NO. The molecule has 0 saturated carbocycles. The maximum absolute atomic E-state index is 9.80. The Morgan fingerprint density at radius 1 is 1.25 bits per heavy atom. The third-order valence-electron chi connectivity index (χ3n) is 5.13. The Kier molecular flexibility index (Phi) is 4.91. The molecule has 5 nitrogen and oxygen atoms in total. The minimum absolute atomic E-state index is 0.0803. The van der Waals surface area contributed by atoms with Crippen LogP contribution in [0.15, 0.2) is 5.16 Å². The van der Waals surface area contributed by atoms with E-state index in [4.69, 9.17) is 10.9 Å². The molecular weight excluding hydrogens is 254 g/mol. The van der Waals surface area contributed by atoms with E-state index in [1.54, 1.807) is 0 Å². The van der Waals surface area contributed by atoms with Crippen LogP contribution in [0, 0.1) is 5.41 Å². The van der Waals surface area contributed by atoms with Crippen molar-refractivity contribution < 1.29 is 10.3 Å². The predicted molar refractivity (Wildman–Crippen MR) is 79.8 cm³/mol. The van der Waals surface area contributed by atoms with E-state index >= 15 is 0 Å². The summed E-state index contributed by atoms with van der Waals surface area (Å²) in [7, 11) is 0. The van der Waals surface area contributed by atoms with Crippen molar-refractivity contribution in [2.75, 3.05) is 6.54 Å². The van der Waals surface area contributed by atoms with Gasteiger partial charge in [-0.05, 0) is 45.1 Å². The first kappa shape index (κ1) is 15.6. The average molecular weight is 283 g/mol. The normalized spacial score (nSPS) is 31.8. The monoisotopic (exact) mass is 283 g/mol. The number of hydrogen-bond donors (Lipinski definition) is 3. The van der Waals surface area contributed by atoms with Crippen molar-refractivity contribution >= 4 is 5.84 Å². The predicted octanol–water partition coefficient (Wildman–Crippen LogP) is 1.92. The third-order valence-corrected chi connectivity index (χ3v) is 5.13. The summed E-state index contributed by atoms with van der Waals surface area (Å²) in [5.41, 5.74) is 5.48. The van der Waals surface area contributed by atoms with E-state index in [1.165, 1.54) is 12.8 Å². The highest BCUT2D eigenvalue weighted by molar-refractivity contribution is 5.85. The molecule has 116 valence electrons. The fourth-order valence-electron chi connectivity index (χ4n) is 3.74. The molecular formula is C15H29N3O2. The Morgan fingerprint density at radius 3 is 2.40 bits per heavy atom. The van der Waals surface area contributed by atoms with Gasteiger partial charge in [-0.15, -0.1) is 0 Å². The topological polar surface area (TPSA) is 82.1 Å². The number of aliphatic hydroxyl groups is 1. The number of hydrogen-bond acceptors (Lipinski definition) is 4. The van der Waals surface area contributed by atoms with Crippen molar-refractivity contribution in [1.82, 2.24) is 4.90 Å². The van der Waals surface area contributed by atoms with E-state index < -0.39 is 0 Å². The second-order valence-electron chi connectivity index (χ2n) is 7.07. The van der Waals surface area contributed by atoms with E-state index in [2.05, 4.69) is 10.1 Å². The number of unbranched alkanes of at least 4 members (excludes halogenated alkanes) is 1. The molecule has 0 aromatic rings. The van der Waals surface area contributed by atoms with Gasteiger partial charge in [-0.2, -0.15) is 0 Å². The number of piperidine rings is 1. The molecule has 2 rings (SSSR count). The highest BCUT2D eigenvalue weighted by atomic mass is 16.4. The van der Waals surface area contributed by atoms with Gasteiger partial charge in [0, 0.05) is 17.5 Å². The van der Waals surface area contributed by atoms with Crippen molar-refractivity contribution in [2.45, 2.75) is 77.0 Å². The number of nitrogens with zero attached hydrogens (tertiary/aromatic N) is 2. The molecule has 0 aromatic carbocycles. The summed E-state index contributed by atoms with van der Waals surface area (Å²) in [4.78, 5) is 2.60. The largest absolute Gasteiger partial charge is 0.409 e. The van der Waals surface area contributed by atoms with Crippen molar-refractivity contribution in [1.29, 1.82) is 0 Å². The van der Waals surface area contributed by atoms with Crippen LogP contribution in [-0.2, 0) is 0 Å². The van der Waals surface area contributed by atoms with E-state index in [9.17, 15) is 5.11 Å². The second-order valence-corrected chi connectivity index (χ2v) is 7.07. The average Bonchev–Trinajstić information content (AvgIpc) is 2.64. The van der Waals surface area contributed by atoms with Gasteiger partial charge in [0.1, 0.15) is 5.84 Å². The zero-order valence-corrected chi connectivity index (χ0v) is 12.8. The van der Waals surface area contributed by atoms with Gasteiger partial charge < -0.3 is 16.0 Å². The summed E-state index contributed by atoms with van der Waals surface area (Å²) in [5.74, 6) is 0.318. The minimum atomic E-state index is -0.230. The van der Waals surface area contributed by atoms with E-state index in [-0.39, 0.29) is 11.5 Å². The molecule has 2 bridgehead atoms. The zero-order chi connectivity index (χ0) is 14.8. The molecule has 2 aliphatic rings. The van der Waals surface area contributed by atoms with Gasteiger partial charge in [-0.25, -0.2) is 0 Å². The molecule has 4 N–H and O–H groups in total. The molecule has 0 spiro atoms. The number of oxime groups is 1. The first-order chi connectivity index (χ1) is 9.44. The van der Waals surface area contributed by atoms with Crippen LogP contribution in [0.2, 0.25) is 0 Å². The highest BCUT2D eigenvalue weighted by Crippen LogP contribution is 2.36. The van der Waals surface area contributed by atoms with Gasteiger partial charge >= 0.3 is 0 Å². The maximum atomic E-state index is 9.80. The molecule has 0 amide bonds. The zero-order valence-electron chi connectivity index (χ0n) is 12.8. The van der Waals surface area contributed by atoms with Crippen LogP contribution in [0.4, 0.5) is 0 Å². The number of rotatable bonds is 6. The lowest BCUT2D eigenvalue weighted by atomic mass is 9.86. The van der Waals surface area contributed by atoms with Crippen LogP contribution >= 0.6 is 0 Å². The highest BCUT2D eigenvalue weighted by Gasteiger charge is 2.39. The lowest BCUT2D eigenvalue weighted by Crippen LogP contribution is -2.45. The first-order valence-corrected chi connectivity index (χ1v) is 7.86. The molecule has 2 fully saturated rings. The van der Waals surface area contributed by atoms with E-state index in [0.717, 1.165) is 38.6 Å². The van der Waals surface area contributed by atoms with Gasteiger partial charge in [0.15, 0.2) is 0 Å². The van der Waals surface area contributed by atoms with Gasteiger partial charge in [0.2, 0.25) is 0 Å². The van der Waals surface area contributed by atoms with Crippen LogP contribution in [0.3, 0.4) is 0 Å². The van der Waals surface area contributed by atoms with Crippen molar-refractivity contribution in [3.05, 3.63) is 0 Å². The van der Waals surface area contributed by atoms with Gasteiger partial charge in [-0.1, -0.05) is 25.4 Å². The van der Waals surface area contributed by atoms with Gasteiger partial charge in [0.25, 0.3) is 0 Å². The van der Waals surface area contributed by atoms with E-state index in [1.807, 2.05) is 13.8 Å². The Balaban J connectivity index is 1.72. The van der Waals surface area contributed by atoms with Crippen LogP contribution in [0.25, 0.3) is 0 Å². The standard InChI is InChI=1S/C15H29N3O2/c1-15(2,14(16)17-20)7-3-4-8-18-11-5-6-12(18)10-13(19)9-11/h11-13,19-20H,3-10H2,1-2H3,(H2,16,17). The van der Waals surface area contributed by atoms with Crippen LogP contribution in [-0.4, -0.2) is 45.8 Å². The number of fused-ring (bicyclic) bond motifs is 2. The molecule has 0 radical (unpaired) electrons. The molecule has 5 heteroatoms. The maximum Gasteiger partial charge on any atom is 0.144 e. The Labute approximate surface area is 121 Å². The number of aliphatic hydroxyl groups excluding tert-OH is 1. The summed E-state index contributed by atoms with van der Waals surface area (Å²) in [6.07, 6.45) is 7.48. The van der Waals surface area contributed by atoms with Crippen molar-refractivity contribution in [2.24, 2.45) is 16.3 Å². The minimum Gasteiger partial charge on any atom is -0.409 e. The Hall–Kier alpha value is -0.810. The van der Waals surface area contributed by atoms with Crippen molar-refractivity contribution in [3.63, 3.8) is 0 Å². The van der Waals surface area contributed by atoms with Crippen LogP contribution in [0.1, 0.15) is 58.8 Å². The first-order valence-electron chi connectivity index (χ1n) is 7.86. The second kappa shape index (κ2) is 6.31. The summed E-state index contributed by atoms with van der Waals surface area (Å²) in [6, 6.07) is 1.20. The Morgan fingerprint density at radius 2 is 1.85 bits per heavy atom.